The number of fused-ring (bicyclic) bond motifs is 1. The molecule has 0 fully saturated rings. The summed E-state index contributed by atoms with van der Waals surface area (Å²) in [5.74, 6) is 0.969. The van der Waals surface area contributed by atoms with Gasteiger partial charge in [0.1, 0.15) is 5.75 Å². The Morgan fingerprint density at radius 2 is 2.10 bits per heavy atom. The molecule has 0 saturated carbocycles. The normalized spacial score (nSPS) is 19.1. The molecular formula is C18H23NOS. The molecule has 1 aromatic carbocycles. The number of nitrogens with one attached hydrogen (secondary N) is 1. The van der Waals surface area contributed by atoms with Gasteiger partial charge >= 0.3 is 0 Å². The lowest BCUT2D eigenvalue weighted by atomic mass is 9.88. The molecule has 0 radical (unpaired) electrons. The Labute approximate surface area is 131 Å². The van der Waals surface area contributed by atoms with Gasteiger partial charge in [0.05, 0.1) is 7.11 Å². The first kappa shape index (κ1) is 14.6. The predicted molar refractivity (Wildman–Crippen MR) is 89.4 cm³/mol. The van der Waals surface area contributed by atoms with E-state index in [1.54, 1.807) is 7.11 Å². The van der Waals surface area contributed by atoms with Gasteiger partial charge < -0.3 is 10.1 Å². The van der Waals surface area contributed by atoms with Gasteiger partial charge in [0.25, 0.3) is 0 Å². The highest BCUT2D eigenvalue weighted by atomic mass is 32.1. The van der Waals surface area contributed by atoms with E-state index in [4.69, 9.17) is 4.74 Å². The van der Waals surface area contributed by atoms with Crippen molar-refractivity contribution < 1.29 is 4.74 Å². The standard InChI is InChI=1S/C18H23NOS/c1-12-4-9-18(21-12)13(2)19-16-7-5-14-6-8-17(20-3)11-15(14)10-16/h4,6,8-9,11,13,16,19H,5,7,10H2,1-3H3. The SMILES string of the molecule is COc1ccc2c(c1)CC(NC(C)c1ccc(C)s1)CC2. The van der Waals surface area contributed by atoms with Crippen molar-refractivity contribution in [1.29, 1.82) is 0 Å². The van der Waals surface area contributed by atoms with Gasteiger partial charge in [-0.15, -0.1) is 11.3 Å². The summed E-state index contributed by atoms with van der Waals surface area (Å²) in [6.45, 7) is 4.44. The lowest BCUT2D eigenvalue weighted by Gasteiger charge is -2.28. The van der Waals surface area contributed by atoms with Crippen LogP contribution < -0.4 is 10.1 Å². The van der Waals surface area contributed by atoms with Crippen LogP contribution in [-0.2, 0) is 12.8 Å². The topological polar surface area (TPSA) is 21.3 Å². The smallest absolute Gasteiger partial charge is 0.119 e. The number of aryl methyl sites for hydroxylation is 2. The van der Waals surface area contributed by atoms with E-state index >= 15 is 0 Å². The number of ether oxygens (including phenoxy) is 1. The number of methoxy groups -OCH3 is 1. The van der Waals surface area contributed by atoms with E-state index < -0.39 is 0 Å². The fourth-order valence-electron chi connectivity index (χ4n) is 3.12. The van der Waals surface area contributed by atoms with Crippen LogP contribution in [0.25, 0.3) is 0 Å². The molecule has 3 rings (SSSR count). The van der Waals surface area contributed by atoms with Gasteiger partial charge in [-0.3, -0.25) is 0 Å². The zero-order chi connectivity index (χ0) is 14.8. The highest BCUT2D eigenvalue weighted by molar-refractivity contribution is 7.12. The molecule has 0 spiro atoms. The molecule has 3 heteroatoms. The largest absolute Gasteiger partial charge is 0.497 e. The molecule has 0 aliphatic heterocycles. The van der Waals surface area contributed by atoms with Crippen molar-refractivity contribution in [2.24, 2.45) is 0 Å². The van der Waals surface area contributed by atoms with Crippen molar-refractivity contribution >= 4 is 11.3 Å². The lowest BCUT2D eigenvalue weighted by molar-refractivity contribution is 0.404. The number of benzene rings is 1. The summed E-state index contributed by atoms with van der Waals surface area (Å²) in [7, 11) is 1.74. The third-order valence-corrected chi connectivity index (χ3v) is 5.50. The summed E-state index contributed by atoms with van der Waals surface area (Å²) < 4.78 is 5.35. The Morgan fingerprint density at radius 1 is 1.24 bits per heavy atom. The minimum atomic E-state index is 0.431. The molecule has 1 aliphatic rings. The van der Waals surface area contributed by atoms with Gasteiger partial charge in [-0.25, -0.2) is 0 Å². The summed E-state index contributed by atoms with van der Waals surface area (Å²) in [6, 6.07) is 11.9. The van der Waals surface area contributed by atoms with Crippen molar-refractivity contribution in [2.75, 3.05) is 7.11 Å². The van der Waals surface area contributed by atoms with Crippen molar-refractivity contribution in [3.8, 4) is 5.75 Å². The lowest BCUT2D eigenvalue weighted by Crippen LogP contribution is -2.36. The quantitative estimate of drug-likeness (QED) is 0.910. The third kappa shape index (κ3) is 3.30. The predicted octanol–water partition coefficient (Wildman–Crippen LogP) is 4.27. The molecule has 1 heterocycles. The Kier molecular flexibility index (Phi) is 4.32. The highest BCUT2D eigenvalue weighted by Crippen LogP contribution is 2.28. The molecule has 2 aromatic rings. The molecular weight excluding hydrogens is 278 g/mol. The Morgan fingerprint density at radius 3 is 2.81 bits per heavy atom. The minimum Gasteiger partial charge on any atom is -0.497 e. The van der Waals surface area contributed by atoms with Gasteiger partial charge in [-0.05, 0) is 68.5 Å². The number of thiophene rings is 1. The monoisotopic (exact) mass is 301 g/mol. The second kappa shape index (κ2) is 6.20. The first-order chi connectivity index (χ1) is 10.2. The van der Waals surface area contributed by atoms with Gasteiger partial charge in [-0.2, -0.15) is 0 Å². The Balaban J connectivity index is 1.68. The second-order valence-corrected chi connectivity index (χ2v) is 7.23. The summed E-state index contributed by atoms with van der Waals surface area (Å²) in [6.07, 6.45) is 3.47. The van der Waals surface area contributed by atoms with Gasteiger partial charge in [-0.1, -0.05) is 6.07 Å². The minimum absolute atomic E-state index is 0.431. The second-order valence-electron chi connectivity index (χ2n) is 5.91. The molecule has 2 atom stereocenters. The van der Waals surface area contributed by atoms with Crippen LogP contribution in [0.4, 0.5) is 0 Å². The van der Waals surface area contributed by atoms with Crippen molar-refractivity contribution in [3.05, 3.63) is 51.2 Å². The molecule has 2 unspecified atom stereocenters. The molecule has 0 saturated heterocycles. The van der Waals surface area contributed by atoms with Crippen LogP contribution in [-0.4, -0.2) is 13.2 Å². The Hall–Kier alpha value is -1.32. The van der Waals surface area contributed by atoms with Gasteiger partial charge in [0.2, 0.25) is 0 Å². The summed E-state index contributed by atoms with van der Waals surface area (Å²) in [4.78, 5) is 2.82. The van der Waals surface area contributed by atoms with E-state index in [1.807, 2.05) is 11.3 Å². The van der Waals surface area contributed by atoms with Crippen LogP contribution in [0.1, 0.15) is 40.3 Å². The molecule has 1 aromatic heterocycles. The van der Waals surface area contributed by atoms with Crippen LogP contribution >= 0.6 is 11.3 Å². The van der Waals surface area contributed by atoms with Crippen molar-refractivity contribution in [1.82, 2.24) is 5.32 Å². The number of hydrogen-bond acceptors (Lipinski definition) is 3. The molecule has 2 nitrogen and oxygen atoms in total. The summed E-state index contributed by atoms with van der Waals surface area (Å²) in [5.41, 5.74) is 2.92. The average Bonchev–Trinajstić information content (AvgIpc) is 2.93. The van der Waals surface area contributed by atoms with E-state index in [0.717, 1.165) is 18.6 Å². The maximum absolute atomic E-state index is 5.35. The molecule has 21 heavy (non-hydrogen) atoms. The summed E-state index contributed by atoms with van der Waals surface area (Å²) >= 11 is 1.89. The third-order valence-electron chi connectivity index (χ3n) is 4.32. The molecule has 1 N–H and O–H groups in total. The zero-order valence-corrected chi connectivity index (χ0v) is 13.8. The fourth-order valence-corrected chi connectivity index (χ4v) is 4.01. The number of hydrogen-bond donors (Lipinski definition) is 1. The fraction of sp³-hybridized carbons (Fsp3) is 0.444. The first-order valence-electron chi connectivity index (χ1n) is 7.64. The molecule has 0 amide bonds. The van der Waals surface area contributed by atoms with E-state index in [0.29, 0.717) is 12.1 Å². The van der Waals surface area contributed by atoms with Gasteiger partial charge in [0.15, 0.2) is 0 Å². The maximum atomic E-state index is 5.35. The maximum Gasteiger partial charge on any atom is 0.119 e. The van der Waals surface area contributed by atoms with Crippen molar-refractivity contribution in [2.45, 2.75) is 45.2 Å². The zero-order valence-electron chi connectivity index (χ0n) is 13.0. The van der Waals surface area contributed by atoms with Crippen LogP contribution in [0.2, 0.25) is 0 Å². The van der Waals surface area contributed by atoms with Crippen molar-refractivity contribution in [3.63, 3.8) is 0 Å². The summed E-state index contributed by atoms with van der Waals surface area (Å²) in [5, 5.41) is 3.80. The number of rotatable bonds is 4. The van der Waals surface area contributed by atoms with Crippen LogP contribution in [0, 0.1) is 6.92 Å². The van der Waals surface area contributed by atoms with E-state index in [9.17, 15) is 0 Å². The first-order valence-corrected chi connectivity index (χ1v) is 8.45. The van der Waals surface area contributed by atoms with Crippen LogP contribution in [0.15, 0.2) is 30.3 Å². The van der Waals surface area contributed by atoms with E-state index in [1.165, 1.54) is 27.3 Å². The molecule has 112 valence electrons. The van der Waals surface area contributed by atoms with E-state index in [-0.39, 0.29) is 0 Å². The average molecular weight is 301 g/mol. The van der Waals surface area contributed by atoms with Gasteiger partial charge in [0, 0.05) is 21.8 Å². The van der Waals surface area contributed by atoms with Crippen LogP contribution in [0.3, 0.4) is 0 Å². The Bertz CT molecular complexity index is 619. The van der Waals surface area contributed by atoms with E-state index in [2.05, 4.69) is 49.5 Å². The highest BCUT2D eigenvalue weighted by Gasteiger charge is 2.21. The molecule has 0 bridgehead atoms. The van der Waals surface area contributed by atoms with Crippen LogP contribution in [0.5, 0.6) is 5.75 Å². The molecule has 1 aliphatic carbocycles.